The Morgan fingerprint density at radius 2 is 1.50 bits per heavy atom. The zero-order valence-electron chi connectivity index (χ0n) is 16.4. The smallest absolute Gasteiger partial charge is 0.233 e. The molecule has 0 unspecified atom stereocenters. The van der Waals surface area contributed by atoms with Crippen LogP contribution in [-0.2, 0) is 4.79 Å². The fourth-order valence-electron chi connectivity index (χ4n) is 2.94. The summed E-state index contributed by atoms with van der Waals surface area (Å²) in [6.07, 6.45) is 0. The first-order valence-corrected chi connectivity index (χ1v) is 10.2. The Kier molecular flexibility index (Phi) is 6.77. The van der Waals surface area contributed by atoms with Crippen molar-refractivity contribution in [2.45, 2.75) is 30.0 Å². The Morgan fingerprint density at radius 1 is 0.893 bits per heavy atom. The first kappa shape index (κ1) is 20.0. The van der Waals surface area contributed by atoms with E-state index in [1.807, 2.05) is 61.5 Å². The fourth-order valence-corrected chi connectivity index (χ4v) is 3.81. The lowest BCUT2D eigenvalue weighted by atomic mass is 9.97. The highest BCUT2D eigenvalue weighted by Gasteiger charge is 2.21. The van der Waals surface area contributed by atoms with E-state index in [0.29, 0.717) is 0 Å². The van der Waals surface area contributed by atoms with Crippen LogP contribution in [0.25, 0.3) is 0 Å². The highest BCUT2D eigenvalue weighted by molar-refractivity contribution is 8.00. The molecule has 0 aliphatic heterocycles. The van der Waals surface area contributed by atoms with Gasteiger partial charge in [0.2, 0.25) is 5.91 Å². The summed E-state index contributed by atoms with van der Waals surface area (Å²) in [5.41, 5.74) is 3.35. The molecule has 0 fully saturated rings. The summed E-state index contributed by atoms with van der Waals surface area (Å²) < 4.78 is 5.19. The second-order valence-corrected chi connectivity index (χ2v) is 8.11. The van der Waals surface area contributed by atoms with E-state index in [-0.39, 0.29) is 17.2 Å². The van der Waals surface area contributed by atoms with Gasteiger partial charge in [-0.25, -0.2) is 0 Å². The first-order chi connectivity index (χ1) is 13.6. The third kappa shape index (κ3) is 5.17. The molecule has 0 saturated heterocycles. The minimum absolute atomic E-state index is 0.00949. The quantitative estimate of drug-likeness (QED) is 0.549. The number of hydrogen-bond donors (Lipinski definition) is 1. The molecule has 0 spiro atoms. The van der Waals surface area contributed by atoms with Crippen molar-refractivity contribution in [3.05, 3.63) is 95.6 Å². The normalized spacial score (nSPS) is 12.8. The van der Waals surface area contributed by atoms with Gasteiger partial charge in [0.25, 0.3) is 0 Å². The van der Waals surface area contributed by atoms with Crippen molar-refractivity contribution < 1.29 is 9.53 Å². The van der Waals surface area contributed by atoms with E-state index in [4.69, 9.17) is 4.74 Å². The van der Waals surface area contributed by atoms with Crippen molar-refractivity contribution in [2.75, 3.05) is 7.11 Å². The van der Waals surface area contributed by atoms with E-state index in [2.05, 4.69) is 36.5 Å². The average Bonchev–Trinajstić information content (AvgIpc) is 2.73. The lowest BCUT2D eigenvalue weighted by Crippen LogP contribution is -2.34. The molecule has 144 valence electrons. The van der Waals surface area contributed by atoms with Crippen LogP contribution in [0.2, 0.25) is 0 Å². The molecule has 0 radical (unpaired) electrons. The van der Waals surface area contributed by atoms with Gasteiger partial charge in [0.05, 0.1) is 18.4 Å². The van der Waals surface area contributed by atoms with Gasteiger partial charge in [0.15, 0.2) is 0 Å². The molecule has 3 nitrogen and oxygen atoms in total. The summed E-state index contributed by atoms with van der Waals surface area (Å²) in [4.78, 5) is 14.0. The number of benzene rings is 3. The van der Waals surface area contributed by atoms with Gasteiger partial charge in [-0.2, -0.15) is 0 Å². The molecule has 4 heteroatoms. The van der Waals surface area contributed by atoms with Crippen LogP contribution in [0.5, 0.6) is 5.75 Å². The monoisotopic (exact) mass is 391 g/mol. The molecule has 3 aromatic carbocycles. The molecule has 3 aromatic rings. The van der Waals surface area contributed by atoms with E-state index in [1.165, 1.54) is 17.3 Å². The molecule has 3 rings (SSSR count). The predicted molar refractivity (Wildman–Crippen MR) is 116 cm³/mol. The fraction of sp³-hybridized carbons (Fsp3) is 0.208. The van der Waals surface area contributed by atoms with Gasteiger partial charge in [0.1, 0.15) is 5.75 Å². The summed E-state index contributed by atoms with van der Waals surface area (Å²) in [5.74, 6) is 0.820. The summed E-state index contributed by atoms with van der Waals surface area (Å²) in [6.45, 7) is 3.99. The molecular formula is C24H25NO2S. The number of carbonyl (C=O) groups is 1. The molecular weight excluding hydrogens is 366 g/mol. The third-order valence-electron chi connectivity index (χ3n) is 4.57. The number of aryl methyl sites for hydroxylation is 1. The zero-order valence-corrected chi connectivity index (χ0v) is 17.2. The van der Waals surface area contributed by atoms with Gasteiger partial charge < -0.3 is 10.1 Å². The Bertz CT molecular complexity index is 892. The number of carbonyl (C=O) groups excluding carboxylic acids is 1. The summed E-state index contributed by atoms with van der Waals surface area (Å²) >= 11 is 1.54. The van der Waals surface area contributed by atoms with Crippen LogP contribution in [-0.4, -0.2) is 18.3 Å². The van der Waals surface area contributed by atoms with Gasteiger partial charge in [-0.05, 0) is 49.2 Å². The lowest BCUT2D eigenvalue weighted by molar-refractivity contribution is -0.120. The molecule has 1 amide bonds. The van der Waals surface area contributed by atoms with Gasteiger partial charge in [-0.3, -0.25) is 4.79 Å². The van der Waals surface area contributed by atoms with Gasteiger partial charge in [-0.1, -0.05) is 60.2 Å². The number of thioether (sulfide) groups is 1. The number of nitrogens with one attached hydrogen (secondary N) is 1. The maximum atomic E-state index is 12.9. The maximum Gasteiger partial charge on any atom is 0.233 e. The Labute approximate surface area is 171 Å². The number of amides is 1. The Balaban J connectivity index is 1.75. The van der Waals surface area contributed by atoms with E-state index in [1.54, 1.807) is 7.11 Å². The predicted octanol–water partition coefficient (Wildman–Crippen LogP) is 5.39. The van der Waals surface area contributed by atoms with E-state index in [9.17, 15) is 4.79 Å². The largest absolute Gasteiger partial charge is 0.497 e. The van der Waals surface area contributed by atoms with Gasteiger partial charge in [0, 0.05) is 4.90 Å². The second-order valence-electron chi connectivity index (χ2n) is 6.70. The van der Waals surface area contributed by atoms with Crippen LogP contribution in [0.3, 0.4) is 0 Å². The van der Waals surface area contributed by atoms with E-state index >= 15 is 0 Å². The van der Waals surface area contributed by atoms with Crippen molar-refractivity contribution in [2.24, 2.45) is 0 Å². The van der Waals surface area contributed by atoms with Crippen LogP contribution in [0, 0.1) is 6.92 Å². The van der Waals surface area contributed by atoms with Crippen molar-refractivity contribution in [3.63, 3.8) is 0 Å². The second kappa shape index (κ2) is 9.47. The molecule has 28 heavy (non-hydrogen) atoms. The molecule has 1 N–H and O–H groups in total. The van der Waals surface area contributed by atoms with E-state index < -0.39 is 0 Å². The van der Waals surface area contributed by atoms with Crippen LogP contribution >= 0.6 is 11.8 Å². The molecule has 2 atom stereocenters. The highest BCUT2D eigenvalue weighted by Crippen LogP contribution is 2.27. The SMILES string of the molecule is COc1ccc(S[C@H](C)C(=O)N[C@@H](c2ccccc2)c2ccc(C)cc2)cc1. The van der Waals surface area contributed by atoms with Gasteiger partial charge >= 0.3 is 0 Å². The third-order valence-corrected chi connectivity index (χ3v) is 5.68. The Morgan fingerprint density at radius 3 is 2.11 bits per heavy atom. The molecule has 0 heterocycles. The number of ether oxygens (including phenoxy) is 1. The lowest BCUT2D eigenvalue weighted by Gasteiger charge is -2.22. The van der Waals surface area contributed by atoms with Crippen LogP contribution < -0.4 is 10.1 Å². The summed E-state index contributed by atoms with van der Waals surface area (Å²) in [7, 11) is 1.65. The van der Waals surface area contributed by atoms with E-state index in [0.717, 1.165) is 21.8 Å². The summed E-state index contributed by atoms with van der Waals surface area (Å²) in [5, 5.41) is 3.01. The molecule has 0 aliphatic rings. The van der Waals surface area contributed by atoms with Crippen molar-refractivity contribution in [1.82, 2.24) is 5.32 Å². The first-order valence-electron chi connectivity index (χ1n) is 9.29. The van der Waals surface area contributed by atoms with Crippen LogP contribution in [0.15, 0.2) is 83.8 Å². The molecule has 0 bridgehead atoms. The summed E-state index contributed by atoms with van der Waals surface area (Å²) in [6, 6.07) is 26.0. The molecule has 0 aromatic heterocycles. The maximum absolute atomic E-state index is 12.9. The van der Waals surface area contributed by atoms with Crippen LogP contribution in [0.1, 0.15) is 29.7 Å². The number of rotatable bonds is 7. The van der Waals surface area contributed by atoms with Crippen molar-refractivity contribution in [1.29, 1.82) is 0 Å². The minimum Gasteiger partial charge on any atom is -0.497 e. The number of hydrogen-bond acceptors (Lipinski definition) is 3. The standard InChI is InChI=1S/C24H25NO2S/c1-17-9-11-20(12-10-17)23(19-7-5-4-6-8-19)25-24(26)18(2)28-22-15-13-21(27-3)14-16-22/h4-16,18,23H,1-3H3,(H,25,26)/t18-,23+/m1/s1. The Hall–Kier alpha value is -2.72. The minimum atomic E-state index is -0.218. The zero-order chi connectivity index (χ0) is 19.9. The van der Waals surface area contributed by atoms with Crippen LogP contribution in [0.4, 0.5) is 0 Å². The highest BCUT2D eigenvalue weighted by atomic mass is 32.2. The van der Waals surface area contributed by atoms with Gasteiger partial charge in [-0.15, -0.1) is 11.8 Å². The topological polar surface area (TPSA) is 38.3 Å². The van der Waals surface area contributed by atoms with Crippen molar-refractivity contribution >= 4 is 17.7 Å². The molecule has 0 saturated carbocycles. The average molecular weight is 392 g/mol. The molecule has 0 aliphatic carbocycles. The number of methoxy groups -OCH3 is 1. The van der Waals surface area contributed by atoms with Crippen molar-refractivity contribution in [3.8, 4) is 5.75 Å².